The van der Waals surface area contributed by atoms with E-state index in [4.69, 9.17) is 4.74 Å². The summed E-state index contributed by atoms with van der Waals surface area (Å²) in [5.74, 6) is -0.726. The summed E-state index contributed by atoms with van der Waals surface area (Å²) < 4.78 is 5.36. The second kappa shape index (κ2) is 14.1. The second-order valence-corrected chi connectivity index (χ2v) is 10.9. The van der Waals surface area contributed by atoms with Gasteiger partial charge in [-0.2, -0.15) is 11.8 Å². The minimum absolute atomic E-state index is 0.131. The number of nitrogens with zero attached hydrogens (tertiary/aromatic N) is 1. The van der Waals surface area contributed by atoms with E-state index >= 15 is 0 Å². The minimum Gasteiger partial charge on any atom is -0.507 e. The van der Waals surface area contributed by atoms with Gasteiger partial charge in [-0.15, -0.1) is 0 Å². The molecular weight excluding hydrogens is 506 g/mol. The van der Waals surface area contributed by atoms with Crippen LogP contribution >= 0.6 is 11.8 Å². The Kier molecular flexibility index (Phi) is 11.5. The van der Waals surface area contributed by atoms with Gasteiger partial charge < -0.3 is 30.5 Å². The Morgan fingerprint density at radius 1 is 1.05 bits per heavy atom. The van der Waals surface area contributed by atoms with Crippen molar-refractivity contribution in [2.45, 2.75) is 58.7 Å². The molecule has 0 bridgehead atoms. The lowest BCUT2D eigenvalue weighted by molar-refractivity contribution is -0.141. The first-order valence-corrected chi connectivity index (χ1v) is 13.8. The monoisotopic (exact) mass is 545 g/mol. The molecule has 2 aromatic rings. The zero-order valence-corrected chi connectivity index (χ0v) is 23.7. The summed E-state index contributed by atoms with van der Waals surface area (Å²) in [5, 5.41) is 26.3. The minimum atomic E-state index is -1.29. The molecule has 0 fully saturated rings. The molecule has 0 radical (unpaired) electrons. The highest BCUT2D eigenvalue weighted by molar-refractivity contribution is 7.98. The number of rotatable bonds is 11. The highest BCUT2D eigenvalue weighted by Gasteiger charge is 2.37. The molecule has 208 valence electrons. The molecule has 2 atom stereocenters. The predicted octanol–water partition coefficient (Wildman–Crippen LogP) is 4.16. The first-order valence-electron chi connectivity index (χ1n) is 12.4. The van der Waals surface area contributed by atoms with E-state index in [1.165, 1.54) is 16.7 Å². The first kappa shape index (κ1) is 31.0. The first-order chi connectivity index (χ1) is 17.9. The Morgan fingerprint density at radius 2 is 1.71 bits per heavy atom. The Morgan fingerprint density at radius 3 is 2.32 bits per heavy atom. The van der Waals surface area contributed by atoms with Crippen LogP contribution in [-0.4, -0.2) is 69.8 Å². The number of amides is 3. The van der Waals surface area contributed by atoms with Gasteiger partial charge in [0, 0.05) is 17.8 Å². The van der Waals surface area contributed by atoms with E-state index in [1.54, 1.807) is 58.0 Å². The molecule has 0 aromatic heterocycles. The molecule has 0 aliphatic heterocycles. The highest BCUT2D eigenvalue weighted by atomic mass is 32.2. The van der Waals surface area contributed by atoms with Gasteiger partial charge in [-0.1, -0.05) is 36.4 Å². The average molecular weight is 546 g/mol. The highest BCUT2D eigenvalue weighted by Crippen LogP contribution is 2.33. The number of carbonyl (C=O) groups excluding carboxylic acids is 3. The molecule has 0 heterocycles. The van der Waals surface area contributed by atoms with Crippen molar-refractivity contribution in [3.05, 3.63) is 59.2 Å². The third kappa shape index (κ3) is 8.66. The quantitative estimate of drug-likeness (QED) is 0.334. The number of thioether (sulfide) groups is 1. The number of anilines is 1. The Bertz CT molecular complexity index is 1120. The van der Waals surface area contributed by atoms with Crippen LogP contribution in [0.3, 0.4) is 0 Å². The van der Waals surface area contributed by atoms with Crippen molar-refractivity contribution in [3.8, 4) is 5.75 Å². The van der Waals surface area contributed by atoms with Gasteiger partial charge in [0.1, 0.15) is 23.4 Å². The molecule has 0 aliphatic rings. The predicted molar refractivity (Wildman–Crippen MR) is 150 cm³/mol. The normalized spacial score (nSPS) is 12.8. The SMILES string of the molecule is CSCCC(NC(=O)OC(C)(C)C)C(=O)N(CCO)C(C(=O)Nc1ccccc1C)c1cccc(C)c1O. The molecular formula is C28H39N3O6S. The summed E-state index contributed by atoms with van der Waals surface area (Å²) in [6.45, 7) is 8.05. The Balaban J connectivity index is 2.55. The van der Waals surface area contributed by atoms with Gasteiger partial charge in [0.25, 0.3) is 5.91 Å². The average Bonchev–Trinajstić information content (AvgIpc) is 2.83. The van der Waals surface area contributed by atoms with Crippen LogP contribution in [-0.2, 0) is 14.3 Å². The standard InChI is InChI=1S/C28H39N3O6S/c1-18-10-7-8-13-21(18)29-25(34)23(20-12-9-11-19(2)24(20)33)31(15-16-32)26(35)22(14-17-38-6)30-27(36)37-28(3,4)5/h7-13,22-23,32-33H,14-17H2,1-6H3,(H,29,34)(H,30,36). The molecule has 0 spiro atoms. The number of aryl methyl sites for hydroxylation is 2. The number of nitrogens with one attached hydrogen (secondary N) is 2. The van der Waals surface area contributed by atoms with E-state index < -0.39 is 42.2 Å². The zero-order chi connectivity index (χ0) is 28.5. The largest absolute Gasteiger partial charge is 0.507 e. The summed E-state index contributed by atoms with van der Waals surface area (Å²) in [6.07, 6.45) is 1.39. The van der Waals surface area contributed by atoms with Gasteiger partial charge in [-0.3, -0.25) is 9.59 Å². The fraction of sp³-hybridized carbons (Fsp3) is 0.464. The summed E-state index contributed by atoms with van der Waals surface area (Å²) in [4.78, 5) is 41.5. The van der Waals surface area contributed by atoms with Crippen LogP contribution in [0.1, 0.15) is 49.9 Å². The van der Waals surface area contributed by atoms with E-state index in [0.717, 1.165) is 5.56 Å². The van der Waals surface area contributed by atoms with Crippen molar-refractivity contribution in [1.82, 2.24) is 10.2 Å². The second-order valence-electron chi connectivity index (χ2n) is 9.95. The number of benzene rings is 2. The number of aromatic hydroxyl groups is 1. The Hall–Kier alpha value is -3.24. The number of phenolic OH excluding ortho intramolecular Hbond substituents is 1. The summed E-state index contributed by atoms with van der Waals surface area (Å²) in [7, 11) is 0. The molecule has 10 heteroatoms. The van der Waals surface area contributed by atoms with Crippen molar-refractivity contribution >= 4 is 35.4 Å². The van der Waals surface area contributed by atoms with Crippen LogP contribution in [0.15, 0.2) is 42.5 Å². The van der Waals surface area contributed by atoms with Gasteiger partial charge in [0.2, 0.25) is 5.91 Å². The number of aliphatic hydroxyl groups is 1. The van der Waals surface area contributed by atoms with Crippen molar-refractivity contribution in [2.75, 3.05) is 30.5 Å². The fourth-order valence-electron chi connectivity index (χ4n) is 3.88. The molecule has 9 nitrogen and oxygen atoms in total. The molecule has 4 N–H and O–H groups in total. The molecule has 0 saturated carbocycles. The molecule has 0 aliphatic carbocycles. The van der Waals surface area contributed by atoms with Crippen molar-refractivity contribution in [3.63, 3.8) is 0 Å². The third-order valence-electron chi connectivity index (χ3n) is 5.75. The van der Waals surface area contributed by atoms with E-state index in [-0.39, 0.29) is 24.3 Å². The molecule has 2 aromatic carbocycles. The van der Waals surface area contributed by atoms with Gasteiger partial charge in [0.05, 0.1) is 6.61 Å². The number of hydrogen-bond donors (Lipinski definition) is 4. The number of para-hydroxylation sites is 2. The lowest BCUT2D eigenvalue weighted by atomic mass is 9.98. The van der Waals surface area contributed by atoms with Gasteiger partial charge in [-0.05, 0) is 70.2 Å². The van der Waals surface area contributed by atoms with Gasteiger partial charge in [0.15, 0.2) is 0 Å². The number of ether oxygens (including phenoxy) is 1. The smallest absolute Gasteiger partial charge is 0.408 e. The maximum absolute atomic E-state index is 13.9. The number of alkyl carbamates (subject to hydrolysis) is 1. The Labute approximate surface area is 228 Å². The third-order valence-corrected chi connectivity index (χ3v) is 6.39. The van der Waals surface area contributed by atoms with Crippen LogP contribution in [0.25, 0.3) is 0 Å². The maximum atomic E-state index is 13.9. The zero-order valence-electron chi connectivity index (χ0n) is 22.9. The molecule has 0 saturated heterocycles. The topological polar surface area (TPSA) is 128 Å². The molecule has 38 heavy (non-hydrogen) atoms. The fourth-order valence-corrected chi connectivity index (χ4v) is 4.36. The maximum Gasteiger partial charge on any atom is 0.408 e. The van der Waals surface area contributed by atoms with E-state index in [9.17, 15) is 24.6 Å². The van der Waals surface area contributed by atoms with Crippen LogP contribution in [0, 0.1) is 13.8 Å². The summed E-state index contributed by atoms with van der Waals surface area (Å²) in [5.41, 5.74) is 1.33. The number of hydrogen-bond acceptors (Lipinski definition) is 7. The van der Waals surface area contributed by atoms with Crippen molar-refractivity contribution in [1.29, 1.82) is 0 Å². The summed E-state index contributed by atoms with van der Waals surface area (Å²) >= 11 is 1.50. The number of carbonyl (C=O) groups is 3. The van der Waals surface area contributed by atoms with Crippen LogP contribution in [0.2, 0.25) is 0 Å². The number of phenols is 1. The van der Waals surface area contributed by atoms with Crippen molar-refractivity contribution in [2.24, 2.45) is 0 Å². The van der Waals surface area contributed by atoms with E-state index in [1.807, 2.05) is 25.3 Å². The molecule has 2 rings (SSSR count). The summed E-state index contributed by atoms with van der Waals surface area (Å²) in [6, 6.07) is 9.84. The molecule has 3 amide bonds. The van der Waals surface area contributed by atoms with E-state index in [0.29, 0.717) is 17.0 Å². The lowest BCUT2D eigenvalue weighted by Gasteiger charge is -2.34. The van der Waals surface area contributed by atoms with Gasteiger partial charge in [-0.25, -0.2) is 4.79 Å². The van der Waals surface area contributed by atoms with Crippen LogP contribution in [0.4, 0.5) is 10.5 Å². The number of aliphatic hydroxyl groups excluding tert-OH is 1. The van der Waals surface area contributed by atoms with Crippen LogP contribution in [0.5, 0.6) is 5.75 Å². The van der Waals surface area contributed by atoms with Crippen LogP contribution < -0.4 is 10.6 Å². The van der Waals surface area contributed by atoms with E-state index in [2.05, 4.69) is 10.6 Å². The molecule has 2 unspecified atom stereocenters. The van der Waals surface area contributed by atoms with Gasteiger partial charge >= 0.3 is 6.09 Å². The van der Waals surface area contributed by atoms with Crippen molar-refractivity contribution < 1.29 is 29.3 Å². The lowest BCUT2D eigenvalue weighted by Crippen LogP contribution is -2.53.